The van der Waals surface area contributed by atoms with E-state index < -0.39 is 0 Å². The molecule has 78 valence electrons. The maximum absolute atomic E-state index is 10.6. The molecule has 1 rings (SSSR count). The number of rotatable bonds is 5. The summed E-state index contributed by atoms with van der Waals surface area (Å²) in [5.74, 6) is 0.279. The second-order valence-electron chi connectivity index (χ2n) is 3.15. The summed E-state index contributed by atoms with van der Waals surface area (Å²) in [6.07, 6.45) is 0.306. The standard InChI is InChI=1S/C7H14N6O/c1-5(3-6(8)14)9-4-7-10-12-13(2)11-7/h5,9H,3-4H2,1-2H3,(H2,8,14). The lowest BCUT2D eigenvalue weighted by atomic mass is 10.2. The molecule has 14 heavy (non-hydrogen) atoms. The van der Waals surface area contributed by atoms with Crippen LogP contribution in [0.1, 0.15) is 19.2 Å². The Labute approximate surface area is 81.7 Å². The summed E-state index contributed by atoms with van der Waals surface area (Å²) in [5.41, 5.74) is 5.04. The van der Waals surface area contributed by atoms with Gasteiger partial charge in [0.05, 0.1) is 13.6 Å². The van der Waals surface area contributed by atoms with Crippen LogP contribution in [0.15, 0.2) is 0 Å². The van der Waals surface area contributed by atoms with E-state index >= 15 is 0 Å². The van der Waals surface area contributed by atoms with E-state index in [-0.39, 0.29) is 11.9 Å². The number of nitrogens with two attached hydrogens (primary N) is 1. The fraction of sp³-hybridized carbons (Fsp3) is 0.714. The van der Waals surface area contributed by atoms with E-state index in [4.69, 9.17) is 5.73 Å². The van der Waals surface area contributed by atoms with Gasteiger partial charge in [-0.05, 0) is 12.1 Å². The first kappa shape index (κ1) is 10.6. The number of aromatic nitrogens is 4. The van der Waals surface area contributed by atoms with E-state index in [0.29, 0.717) is 18.8 Å². The molecular weight excluding hydrogens is 184 g/mol. The normalized spacial score (nSPS) is 12.7. The molecule has 0 aliphatic rings. The molecule has 1 aromatic rings. The Kier molecular flexibility index (Phi) is 3.52. The largest absolute Gasteiger partial charge is 0.370 e. The molecular formula is C7H14N6O. The van der Waals surface area contributed by atoms with Crippen molar-refractivity contribution in [2.45, 2.75) is 25.9 Å². The number of tetrazole rings is 1. The summed E-state index contributed by atoms with van der Waals surface area (Å²) >= 11 is 0. The van der Waals surface area contributed by atoms with Gasteiger partial charge in [-0.1, -0.05) is 0 Å². The Bertz CT molecular complexity index is 309. The van der Waals surface area contributed by atoms with Crippen LogP contribution in [-0.2, 0) is 18.4 Å². The molecule has 0 fully saturated rings. The van der Waals surface area contributed by atoms with Crippen LogP contribution in [0.2, 0.25) is 0 Å². The second kappa shape index (κ2) is 4.66. The van der Waals surface area contributed by atoms with Gasteiger partial charge in [0.25, 0.3) is 0 Å². The molecule has 0 saturated carbocycles. The highest BCUT2D eigenvalue weighted by atomic mass is 16.1. The number of carbonyl (C=O) groups is 1. The zero-order chi connectivity index (χ0) is 10.6. The molecule has 7 heteroatoms. The molecule has 1 aromatic heterocycles. The Morgan fingerprint density at radius 1 is 1.71 bits per heavy atom. The van der Waals surface area contributed by atoms with E-state index in [1.54, 1.807) is 7.05 Å². The number of amides is 1. The van der Waals surface area contributed by atoms with Crippen molar-refractivity contribution in [3.8, 4) is 0 Å². The molecule has 0 aliphatic carbocycles. The van der Waals surface area contributed by atoms with Crippen molar-refractivity contribution >= 4 is 5.91 Å². The minimum absolute atomic E-state index is 0.0244. The molecule has 3 N–H and O–H groups in total. The van der Waals surface area contributed by atoms with Crippen LogP contribution in [0.3, 0.4) is 0 Å². The summed E-state index contributed by atoms with van der Waals surface area (Å²) in [6, 6.07) is 0.0244. The summed E-state index contributed by atoms with van der Waals surface area (Å²) in [7, 11) is 1.70. The maximum Gasteiger partial charge on any atom is 0.218 e. The van der Waals surface area contributed by atoms with Crippen molar-refractivity contribution in [1.82, 2.24) is 25.5 Å². The topological polar surface area (TPSA) is 98.7 Å². The van der Waals surface area contributed by atoms with Gasteiger partial charge in [0.1, 0.15) is 0 Å². The molecule has 0 bridgehead atoms. The van der Waals surface area contributed by atoms with Crippen LogP contribution in [0.5, 0.6) is 0 Å². The Hall–Kier alpha value is -1.50. The van der Waals surface area contributed by atoms with Crippen molar-refractivity contribution in [2.24, 2.45) is 12.8 Å². The molecule has 0 radical (unpaired) electrons. The summed E-state index contributed by atoms with van der Waals surface area (Å²) in [5, 5.41) is 14.5. The Morgan fingerprint density at radius 2 is 2.43 bits per heavy atom. The fourth-order valence-corrected chi connectivity index (χ4v) is 1.03. The van der Waals surface area contributed by atoms with E-state index in [1.165, 1.54) is 4.80 Å². The van der Waals surface area contributed by atoms with Crippen LogP contribution in [-0.4, -0.2) is 32.2 Å². The van der Waals surface area contributed by atoms with Crippen molar-refractivity contribution in [3.63, 3.8) is 0 Å². The van der Waals surface area contributed by atoms with Gasteiger partial charge in [0.2, 0.25) is 5.91 Å². The molecule has 0 spiro atoms. The Balaban J connectivity index is 2.30. The third kappa shape index (κ3) is 3.48. The van der Waals surface area contributed by atoms with Gasteiger partial charge in [-0.2, -0.15) is 4.80 Å². The van der Waals surface area contributed by atoms with Gasteiger partial charge in [-0.3, -0.25) is 4.79 Å². The molecule has 1 unspecified atom stereocenters. The third-order valence-corrected chi connectivity index (χ3v) is 1.67. The van der Waals surface area contributed by atoms with Crippen molar-refractivity contribution in [2.75, 3.05) is 0 Å². The lowest BCUT2D eigenvalue weighted by Crippen LogP contribution is -2.30. The molecule has 0 aromatic carbocycles. The van der Waals surface area contributed by atoms with E-state index in [1.807, 2.05) is 6.92 Å². The number of primary amides is 1. The SMILES string of the molecule is CC(CC(N)=O)NCc1nnn(C)n1. The highest BCUT2D eigenvalue weighted by Gasteiger charge is 2.06. The zero-order valence-electron chi connectivity index (χ0n) is 8.27. The monoisotopic (exact) mass is 198 g/mol. The molecule has 1 heterocycles. The highest BCUT2D eigenvalue weighted by molar-refractivity contribution is 5.74. The van der Waals surface area contributed by atoms with Gasteiger partial charge >= 0.3 is 0 Å². The Morgan fingerprint density at radius 3 is 2.93 bits per heavy atom. The number of carbonyl (C=O) groups excluding carboxylic acids is 1. The van der Waals surface area contributed by atoms with E-state index in [2.05, 4.69) is 20.7 Å². The fourth-order valence-electron chi connectivity index (χ4n) is 1.03. The summed E-state index contributed by atoms with van der Waals surface area (Å²) in [4.78, 5) is 11.9. The number of hydrogen-bond donors (Lipinski definition) is 2. The number of hydrogen-bond acceptors (Lipinski definition) is 5. The molecule has 0 aliphatic heterocycles. The first-order chi connectivity index (χ1) is 6.58. The average Bonchev–Trinajstić information content (AvgIpc) is 2.47. The number of nitrogens with one attached hydrogen (secondary N) is 1. The smallest absolute Gasteiger partial charge is 0.218 e. The lowest BCUT2D eigenvalue weighted by Gasteiger charge is -2.08. The number of nitrogens with zero attached hydrogens (tertiary/aromatic N) is 4. The summed E-state index contributed by atoms with van der Waals surface area (Å²) in [6.45, 7) is 2.36. The number of aryl methyl sites for hydroxylation is 1. The van der Waals surface area contributed by atoms with Crippen LogP contribution in [0.4, 0.5) is 0 Å². The van der Waals surface area contributed by atoms with E-state index in [9.17, 15) is 4.79 Å². The van der Waals surface area contributed by atoms with Crippen LogP contribution in [0, 0.1) is 0 Å². The average molecular weight is 198 g/mol. The molecule has 0 saturated heterocycles. The predicted octanol–water partition coefficient (Wildman–Crippen LogP) is -1.44. The third-order valence-electron chi connectivity index (χ3n) is 1.67. The lowest BCUT2D eigenvalue weighted by molar-refractivity contribution is -0.118. The van der Waals surface area contributed by atoms with Gasteiger partial charge in [0, 0.05) is 12.5 Å². The van der Waals surface area contributed by atoms with Crippen LogP contribution in [0.25, 0.3) is 0 Å². The predicted molar refractivity (Wildman–Crippen MR) is 48.9 cm³/mol. The molecule has 1 amide bonds. The van der Waals surface area contributed by atoms with Crippen molar-refractivity contribution in [1.29, 1.82) is 0 Å². The quantitative estimate of drug-likeness (QED) is 0.604. The highest BCUT2D eigenvalue weighted by Crippen LogP contribution is 1.91. The van der Waals surface area contributed by atoms with E-state index in [0.717, 1.165) is 0 Å². The zero-order valence-corrected chi connectivity index (χ0v) is 8.27. The van der Waals surface area contributed by atoms with Gasteiger partial charge in [-0.25, -0.2) is 0 Å². The van der Waals surface area contributed by atoms with Crippen molar-refractivity contribution < 1.29 is 4.79 Å². The molecule has 7 nitrogen and oxygen atoms in total. The van der Waals surface area contributed by atoms with Gasteiger partial charge < -0.3 is 11.1 Å². The van der Waals surface area contributed by atoms with Gasteiger partial charge in [0.15, 0.2) is 5.82 Å². The minimum Gasteiger partial charge on any atom is -0.370 e. The first-order valence-electron chi connectivity index (χ1n) is 4.32. The minimum atomic E-state index is -0.322. The van der Waals surface area contributed by atoms with Gasteiger partial charge in [-0.15, -0.1) is 10.2 Å². The van der Waals surface area contributed by atoms with Crippen LogP contribution < -0.4 is 11.1 Å². The first-order valence-corrected chi connectivity index (χ1v) is 4.32. The summed E-state index contributed by atoms with van der Waals surface area (Å²) < 4.78 is 0. The molecule has 1 atom stereocenters. The van der Waals surface area contributed by atoms with Crippen molar-refractivity contribution in [3.05, 3.63) is 5.82 Å². The maximum atomic E-state index is 10.6. The van der Waals surface area contributed by atoms with Crippen LogP contribution >= 0.6 is 0 Å². The second-order valence-corrected chi connectivity index (χ2v) is 3.15.